The summed E-state index contributed by atoms with van der Waals surface area (Å²) in [6.07, 6.45) is 10.3. The van der Waals surface area contributed by atoms with E-state index in [1.54, 1.807) is 0 Å². The summed E-state index contributed by atoms with van der Waals surface area (Å²) in [5, 5.41) is 9.24. The van der Waals surface area contributed by atoms with Gasteiger partial charge in [0.25, 0.3) is 0 Å². The molecular formula is C21H35ClO4. The van der Waals surface area contributed by atoms with Crippen LogP contribution in [0.4, 0.5) is 0 Å². The predicted molar refractivity (Wildman–Crippen MR) is 107 cm³/mol. The highest BCUT2D eigenvalue weighted by molar-refractivity contribution is 6.32. The summed E-state index contributed by atoms with van der Waals surface area (Å²) in [6, 6.07) is 6.06. The fourth-order valence-electron chi connectivity index (χ4n) is 2.70. The van der Waals surface area contributed by atoms with Crippen LogP contribution in [0.5, 0.6) is 5.75 Å². The summed E-state index contributed by atoms with van der Waals surface area (Å²) < 4.78 is 16.2. The molecule has 0 aromatic heterocycles. The van der Waals surface area contributed by atoms with Gasteiger partial charge in [-0.05, 0) is 30.5 Å². The summed E-state index contributed by atoms with van der Waals surface area (Å²) >= 11 is 6.31. The topological polar surface area (TPSA) is 47.9 Å². The maximum atomic E-state index is 8.58. The molecule has 150 valence electrons. The summed E-state index contributed by atoms with van der Waals surface area (Å²) in [5.41, 5.74) is 1.27. The van der Waals surface area contributed by atoms with Crippen LogP contribution >= 0.6 is 11.6 Å². The molecule has 0 aliphatic heterocycles. The Morgan fingerprint density at radius 2 is 1.50 bits per heavy atom. The number of halogens is 1. The number of ether oxygens (including phenoxy) is 3. The molecule has 1 rings (SSSR count). The lowest BCUT2D eigenvalue weighted by Crippen LogP contribution is -2.12. The molecule has 0 saturated carbocycles. The Morgan fingerprint density at radius 3 is 2.19 bits per heavy atom. The van der Waals surface area contributed by atoms with Crippen molar-refractivity contribution in [2.45, 2.75) is 58.3 Å². The lowest BCUT2D eigenvalue weighted by molar-refractivity contribution is 0.0247. The molecule has 0 spiro atoms. The zero-order valence-electron chi connectivity index (χ0n) is 16.2. The van der Waals surface area contributed by atoms with Crippen molar-refractivity contribution in [2.24, 2.45) is 0 Å². The molecule has 0 aliphatic carbocycles. The van der Waals surface area contributed by atoms with Crippen molar-refractivity contribution in [3.05, 3.63) is 28.8 Å². The van der Waals surface area contributed by atoms with Crippen molar-refractivity contribution in [1.29, 1.82) is 0 Å². The Labute approximate surface area is 163 Å². The quantitative estimate of drug-likeness (QED) is 0.381. The van der Waals surface area contributed by atoms with Crippen molar-refractivity contribution in [1.82, 2.24) is 0 Å². The Balaban J connectivity index is 2.11. The van der Waals surface area contributed by atoms with Crippen molar-refractivity contribution in [2.75, 3.05) is 39.6 Å². The minimum absolute atomic E-state index is 0.0383. The molecule has 0 amide bonds. The van der Waals surface area contributed by atoms with E-state index in [2.05, 4.69) is 13.0 Å². The number of aliphatic hydroxyl groups is 1. The molecule has 0 saturated heterocycles. The van der Waals surface area contributed by atoms with Crippen molar-refractivity contribution >= 4 is 11.6 Å². The molecule has 1 N–H and O–H groups in total. The molecular weight excluding hydrogens is 352 g/mol. The van der Waals surface area contributed by atoms with Crippen LogP contribution in [0.1, 0.15) is 57.4 Å². The third kappa shape index (κ3) is 11.7. The molecule has 0 radical (unpaired) electrons. The Morgan fingerprint density at radius 1 is 0.846 bits per heavy atom. The smallest absolute Gasteiger partial charge is 0.138 e. The molecule has 1 aromatic carbocycles. The highest BCUT2D eigenvalue weighted by Crippen LogP contribution is 2.26. The van der Waals surface area contributed by atoms with Gasteiger partial charge in [-0.25, -0.2) is 0 Å². The highest BCUT2D eigenvalue weighted by Gasteiger charge is 2.04. The second kappa shape index (κ2) is 16.4. The Hall–Kier alpha value is -0.810. The van der Waals surface area contributed by atoms with Gasteiger partial charge in [0.1, 0.15) is 12.4 Å². The van der Waals surface area contributed by atoms with E-state index in [9.17, 15) is 0 Å². The number of hydrogen-bond donors (Lipinski definition) is 1. The molecule has 26 heavy (non-hydrogen) atoms. The van der Waals surface area contributed by atoms with E-state index >= 15 is 0 Å². The van der Waals surface area contributed by atoms with Gasteiger partial charge in [-0.2, -0.15) is 0 Å². The van der Waals surface area contributed by atoms with Crippen molar-refractivity contribution in [3.63, 3.8) is 0 Å². The van der Waals surface area contributed by atoms with Gasteiger partial charge in [-0.3, -0.25) is 0 Å². The third-order valence-corrected chi connectivity index (χ3v) is 4.45. The van der Waals surface area contributed by atoms with E-state index in [0.29, 0.717) is 43.8 Å². The normalized spacial score (nSPS) is 11.0. The molecule has 0 bridgehead atoms. The van der Waals surface area contributed by atoms with Gasteiger partial charge in [-0.1, -0.05) is 63.1 Å². The summed E-state index contributed by atoms with van der Waals surface area (Å²) in [7, 11) is 0. The highest BCUT2D eigenvalue weighted by atomic mass is 35.5. The van der Waals surface area contributed by atoms with Crippen LogP contribution in [0.2, 0.25) is 5.02 Å². The SMILES string of the molecule is CCCCCCCCCc1ccc(OCCOCCOCCO)c(Cl)c1. The third-order valence-electron chi connectivity index (χ3n) is 4.16. The molecule has 0 unspecified atom stereocenters. The second-order valence-corrected chi connectivity index (χ2v) is 6.84. The average Bonchev–Trinajstić information content (AvgIpc) is 2.64. The molecule has 0 aliphatic rings. The standard InChI is InChI=1S/C21H35ClO4/c1-2-3-4-5-6-7-8-9-19-10-11-21(20(22)18-19)26-17-16-25-15-14-24-13-12-23/h10-11,18,23H,2-9,12-17H2,1H3. The first kappa shape index (κ1) is 23.2. The van der Waals surface area contributed by atoms with Crippen molar-refractivity contribution < 1.29 is 19.3 Å². The summed E-state index contributed by atoms with van der Waals surface area (Å²) in [5.74, 6) is 0.704. The maximum absolute atomic E-state index is 8.58. The first-order valence-electron chi connectivity index (χ1n) is 9.95. The fourth-order valence-corrected chi connectivity index (χ4v) is 2.96. The number of aliphatic hydroxyl groups excluding tert-OH is 1. The second-order valence-electron chi connectivity index (χ2n) is 6.43. The number of unbranched alkanes of at least 4 members (excludes halogenated alkanes) is 6. The van der Waals surface area contributed by atoms with E-state index in [1.165, 1.54) is 50.5 Å². The van der Waals surface area contributed by atoms with E-state index in [-0.39, 0.29) is 6.61 Å². The van der Waals surface area contributed by atoms with Crippen LogP contribution in [0.25, 0.3) is 0 Å². The average molecular weight is 387 g/mol. The van der Waals surface area contributed by atoms with Crippen LogP contribution < -0.4 is 4.74 Å². The Bertz CT molecular complexity index is 454. The predicted octanol–water partition coefficient (Wildman–Crippen LogP) is 5.04. The van der Waals surface area contributed by atoms with Gasteiger partial charge in [0.15, 0.2) is 0 Å². The summed E-state index contributed by atoms with van der Waals surface area (Å²) in [6.45, 7) is 4.55. The molecule has 1 aromatic rings. The summed E-state index contributed by atoms with van der Waals surface area (Å²) in [4.78, 5) is 0. The van der Waals surface area contributed by atoms with Gasteiger partial charge in [0, 0.05) is 0 Å². The number of benzene rings is 1. The van der Waals surface area contributed by atoms with E-state index in [1.807, 2.05) is 12.1 Å². The van der Waals surface area contributed by atoms with Crippen LogP contribution in [0.15, 0.2) is 18.2 Å². The van der Waals surface area contributed by atoms with Crippen molar-refractivity contribution in [3.8, 4) is 5.75 Å². The minimum atomic E-state index is 0.0383. The number of hydrogen-bond acceptors (Lipinski definition) is 4. The lowest BCUT2D eigenvalue weighted by atomic mass is 10.0. The molecule has 5 heteroatoms. The van der Waals surface area contributed by atoms with Gasteiger partial charge >= 0.3 is 0 Å². The molecule has 0 fully saturated rings. The van der Waals surface area contributed by atoms with Gasteiger partial charge in [0.05, 0.1) is 38.1 Å². The zero-order valence-corrected chi connectivity index (χ0v) is 16.9. The van der Waals surface area contributed by atoms with Gasteiger partial charge in [-0.15, -0.1) is 0 Å². The number of rotatable bonds is 17. The fraction of sp³-hybridized carbons (Fsp3) is 0.714. The monoisotopic (exact) mass is 386 g/mol. The van der Waals surface area contributed by atoms with E-state index in [4.69, 9.17) is 30.9 Å². The van der Waals surface area contributed by atoms with Crippen LogP contribution in [0, 0.1) is 0 Å². The first-order valence-corrected chi connectivity index (χ1v) is 10.3. The lowest BCUT2D eigenvalue weighted by Gasteiger charge is -2.10. The Kier molecular flexibility index (Phi) is 14.6. The minimum Gasteiger partial charge on any atom is -0.490 e. The zero-order chi connectivity index (χ0) is 18.9. The molecule has 0 heterocycles. The molecule has 0 atom stereocenters. The molecule has 4 nitrogen and oxygen atoms in total. The van der Waals surface area contributed by atoms with E-state index < -0.39 is 0 Å². The maximum Gasteiger partial charge on any atom is 0.138 e. The van der Waals surface area contributed by atoms with Crippen LogP contribution in [0.3, 0.4) is 0 Å². The number of aryl methyl sites for hydroxylation is 1. The largest absolute Gasteiger partial charge is 0.490 e. The van der Waals surface area contributed by atoms with Gasteiger partial charge in [0.2, 0.25) is 0 Å². The van der Waals surface area contributed by atoms with Gasteiger partial charge < -0.3 is 19.3 Å². The van der Waals surface area contributed by atoms with Crippen LogP contribution in [-0.2, 0) is 15.9 Å². The first-order chi connectivity index (χ1) is 12.8. The van der Waals surface area contributed by atoms with E-state index in [0.717, 1.165) is 6.42 Å². The van der Waals surface area contributed by atoms with Crippen LogP contribution in [-0.4, -0.2) is 44.7 Å².